The smallest absolute Gasteiger partial charge is 0.416 e. The van der Waals surface area contributed by atoms with E-state index in [1.807, 2.05) is 0 Å². The van der Waals surface area contributed by atoms with Crippen LogP contribution in [-0.2, 0) is 13.2 Å². The molecule has 190 valence electrons. The third-order valence-electron chi connectivity index (χ3n) is 5.80. The summed E-state index contributed by atoms with van der Waals surface area (Å²) in [6, 6.07) is 10.9. The number of rotatable bonds is 4. The van der Waals surface area contributed by atoms with Crippen LogP contribution in [0.25, 0.3) is 27.7 Å². The zero-order valence-corrected chi connectivity index (χ0v) is 20.4. The highest BCUT2D eigenvalue weighted by Gasteiger charge is 2.31. The van der Waals surface area contributed by atoms with Crippen LogP contribution in [0.15, 0.2) is 72.3 Å². The molecule has 3 heterocycles. The zero-order chi connectivity index (χ0) is 26.6. The summed E-state index contributed by atoms with van der Waals surface area (Å²) in [6.45, 7) is 1.66. The molecule has 5 rings (SSSR count). The van der Waals surface area contributed by atoms with Crippen LogP contribution in [0.5, 0.6) is 11.5 Å². The van der Waals surface area contributed by atoms with Crippen molar-refractivity contribution in [2.75, 3.05) is 7.11 Å². The maximum absolute atomic E-state index is 13.8. The molecule has 0 saturated heterocycles. The first kappa shape index (κ1) is 24.5. The van der Waals surface area contributed by atoms with E-state index in [4.69, 9.17) is 9.15 Å². The van der Waals surface area contributed by atoms with Gasteiger partial charge in [-0.1, -0.05) is 23.9 Å². The lowest BCUT2D eigenvalue weighted by Gasteiger charge is -2.14. The standard InChI is InChI=1S/C25H18F3N3O5S/c1-12-17-20-18(23(33)31(22(17)30(2)29-12)14-7-5-8-15(11-14)35-3)19(32)21(24(34)36-20)37-16-9-4-6-13(10-16)25(26,27)28/h4-11,32H,1-3H3. The quantitative estimate of drug-likeness (QED) is 0.349. The summed E-state index contributed by atoms with van der Waals surface area (Å²) in [4.78, 5) is 26.4. The van der Waals surface area contributed by atoms with Crippen LogP contribution in [0.4, 0.5) is 13.2 Å². The van der Waals surface area contributed by atoms with E-state index in [0.29, 0.717) is 39.9 Å². The number of methoxy groups -OCH3 is 1. The van der Waals surface area contributed by atoms with Gasteiger partial charge in [0.2, 0.25) is 0 Å². The number of nitrogens with zero attached hydrogens (tertiary/aromatic N) is 3. The second kappa shape index (κ2) is 8.73. The third kappa shape index (κ3) is 4.02. The zero-order valence-electron chi connectivity index (χ0n) is 19.6. The van der Waals surface area contributed by atoms with E-state index < -0.39 is 33.6 Å². The minimum atomic E-state index is -4.60. The maximum atomic E-state index is 13.8. The SMILES string of the molecule is COc1cccc(-n2c(=O)c3c(O)c(Sc4cccc(C(F)(F)F)c4)c(=O)oc3c3c(C)nn(C)c32)c1. The van der Waals surface area contributed by atoms with Crippen molar-refractivity contribution in [1.82, 2.24) is 14.3 Å². The van der Waals surface area contributed by atoms with Gasteiger partial charge in [-0.05, 0) is 37.3 Å². The molecule has 5 aromatic rings. The van der Waals surface area contributed by atoms with Crippen molar-refractivity contribution >= 4 is 33.8 Å². The van der Waals surface area contributed by atoms with Crippen LogP contribution < -0.4 is 15.9 Å². The molecule has 3 aromatic heterocycles. The van der Waals surface area contributed by atoms with Gasteiger partial charge in [-0.2, -0.15) is 18.3 Å². The van der Waals surface area contributed by atoms with Crippen LogP contribution in [0.1, 0.15) is 11.3 Å². The van der Waals surface area contributed by atoms with Crippen LogP contribution in [0.2, 0.25) is 0 Å². The average molecular weight is 529 g/mol. The van der Waals surface area contributed by atoms with E-state index in [0.717, 1.165) is 12.1 Å². The minimum absolute atomic E-state index is 0.0310. The van der Waals surface area contributed by atoms with Crippen molar-refractivity contribution in [1.29, 1.82) is 0 Å². The van der Waals surface area contributed by atoms with Crippen LogP contribution in [0.3, 0.4) is 0 Å². The monoisotopic (exact) mass is 529 g/mol. The van der Waals surface area contributed by atoms with Crippen molar-refractivity contribution < 1.29 is 27.4 Å². The molecule has 0 fully saturated rings. The van der Waals surface area contributed by atoms with Gasteiger partial charge in [0.1, 0.15) is 21.7 Å². The number of benzene rings is 2. The van der Waals surface area contributed by atoms with Crippen LogP contribution in [-0.4, -0.2) is 26.6 Å². The second-order valence-electron chi connectivity index (χ2n) is 8.15. The lowest BCUT2D eigenvalue weighted by Crippen LogP contribution is -2.22. The number of alkyl halides is 3. The molecule has 12 heteroatoms. The lowest BCUT2D eigenvalue weighted by atomic mass is 10.1. The number of fused-ring (bicyclic) bond motifs is 3. The van der Waals surface area contributed by atoms with Gasteiger partial charge in [-0.25, -0.2) is 4.79 Å². The Bertz CT molecular complexity index is 1820. The Hall–Kier alpha value is -4.19. The predicted molar refractivity (Wildman–Crippen MR) is 131 cm³/mol. The Balaban J connectivity index is 1.83. The summed E-state index contributed by atoms with van der Waals surface area (Å²) < 4.78 is 53.1. The number of hydrogen-bond donors (Lipinski definition) is 1. The van der Waals surface area contributed by atoms with Gasteiger partial charge in [-0.15, -0.1) is 0 Å². The molecule has 8 nitrogen and oxygen atoms in total. The molecule has 0 spiro atoms. The van der Waals surface area contributed by atoms with Crippen molar-refractivity contribution in [3.8, 4) is 17.2 Å². The average Bonchev–Trinajstić information content (AvgIpc) is 3.15. The summed E-state index contributed by atoms with van der Waals surface area (Å²) in [5.74, 6) is -0.221. The first-order chi connectivity index (χ1) is 17.5. The Morgan fingerprint density at radius 1 is 1.08 bits per heavy atom. The maximum Gasteiger partial charge on any atom is 0.416 e. The fraction of sp³-hybridized carbons (Fsp3) is 0.160. The molecule has 1 N–H and O–H groups in total. The number of hydrogen-bond acceptors (Lipinski definition) is 7. The highest BCUT2D eigenvalue weighted by atomic mass is 32.2. The van der Waals surface area contributed by atoms with Crippen molar-refractivity contribution in [2.24, 2.45) is 7.05 Å². The second-order valence-corrected chi connectivity index (χ2v) is 9.23. The van der Waals surface area contributed by atoms with E-state index in [1.165, 1.54) is 28.5 Å². The summed E-state index contributed by atoms with van der Waals surface area (Å²) in [5, 5.41) is 15.5. The normalized spacial score (nSPS) is 11.9. The lowest BCUT2D eigenvalue weighted by molar-refractivity contribution is -0.137. The first-order valence-corrected chi connectivity index (χ1v) is 11.6. The van der Waals surface area contributed by atoms with E-state index in [9.17, 15) is 27.9 Å². The predicted octanol–water partition coefficient (Wildman–Crippen LogP) is 5.02. The first-order valence-electron chi connectivity index (χ1n) is 10.8. The molecule has 0 radical (unpaired) electrons. The molecule has 0 amide bonds. The summed E-state index contributed by atoms with van der Waals surface area (Å²) >= 11 is 0.572. The summed E-state index contributed by atoms with van der Waals surface area (Å²) in [7, 11) is 3.09. The summed E-state index contributed by atoms with van der Waals surface area (Å²) in [5.41, 5.74) is -1.67. The summed E-state index contributed by atoms with van der Waals surface area (Å²) in [6.07, 6.45) is -4.60. The molecule has 2 aromatic carbocycles. The highest BCUT2D eigenvalue weighted by molar-refractivity contribution is 7.99. The molecule has 0 aliphatic rings. The number of aromatic nitrogens is 3. The molecule has 0 atom stereocenters. The number of pyridine rings is 1. The fourth-order valence-corrected chi connectivity index (χ4v) is 5.08. The highest BCUT2D eigenvalue weighted by Crippen LogP contribution is 2.40. The van der Waals surface area contributed by atoms with Gasteiger partial charge < -0.3 is 14.3 Å². The Morgan fingerprint density at radius 3 is 2.51 bits per heavy atom. The van der Waals surface area contributed by atoms with E-state index in [1.54, 1.807) is 38.2 Å². The van der Waals surface area contributed by atoms with Crippen LogP contribution in [0, 0.1) is 6.92 Å². The van der Waals surface area contributed by atoms with E-state index in [-0.39, 0.29) is 15.9 Å². The third-order valence-corrected chi connectivity index (χ3v) is 6.85. The van der Waals surface area contributed by atoms with Gasteiger partial charge in [0.25, 0.3) is 5.56 Å². The molecule has 0 aliphatic heterocycles. The molecular weight excluding hydrogens is 511 g/mol. The Kier molecular flexibility index (Phi) is 5.78. The van der Waals surface area contributed by atoms with Gasteiger partial charge >= 0.3 is 11.8 Å². The van der Waals surface area contributed by atoms with Gasteiger partial charge in [0, 0.05) is 18.0 Å². The number of ether oxygens (including phenoxy) is 1. The molecule has 37 heavy (non-hydrogen) atoms. The number of aryl methyl sites for hydroxylation is 2. The molecule has 0 bridgehead atoms. The van der Waals surface area contributed by atoms with E-state index in [2.05, 4.69) is 5.10 Å². The van der Waals surface area contributed by atoms with Gasteiger partial charge in [-0.3, -0.25) is 14.0 Å². The molecule has 0 saturated carbocycles. The van der Waals surface area contributed by atoms with Crippen molar-refractivity contribution in [2.45, 2.75) is 22.9 Å². The molecular formula is C25H18F3N3O5S. The van der Waals surface area contributed by atoms with E-state index >= 15 is 0 Å². The fourth-order valence-electron chi connectivity index (χ4n) is 4.19. The molecule has 0 unspecified atom stereocenters. The number of halogens is 3. The Labute approximate surface area is 210 Å². The van der Waals surface area contributed by atoms with Gasteiger partial charge in [0.15, 0.2) is 11.3 Å². The Morgan fingerprint density at radius 2 is 1.81 bits per heavy atom. The largest absolute Gasteiger partial charge is 0.505 e. The van der Waals surface area contributed by atoms with Crippen molar-refractivity contribution in [3.05, 3.63) is 80.6 Å². The van der Waals surface area contributed by atoms with Gasteiger partial charge in [0.05, 0.1) is 29.4 Å². The minimum Gasteiger partial charge on any atom is -0.505 e. The molecule has 0 aliphatic carbocycles. The topological polar surface area (TPSA) is 99.5 Å². The van der Waals surface area contributed by atoms with Crippen LogP contribution >= 0.6 is 11.8 Å². The van der Waals surface area contributed by atoms with Crippen molar-refractivity contribution in [3.63, 3.8) is 0 Å². The number of aromatic hydroxyl groups is 1.